The van der Waals surface area contributed by atoms with Gasteiger partial charge in [0.15, 0.2) is 0 Å². The Morgan fingerprint density at radius 3 is 2.55 bits per heavy atom. The Morgan fingerprint density at radius 2 is 1.82 bits per heavy atom. The second-order valence-electron chi connectivity index (χ2n) is 5.65. The normalized spacial score (nSPS) is 20.4. The summed E-state index contributed by atoms with van der Waals surface area (Å²) in [5, 5.41) is 0. The molecule has 0 N–H and O–H groups in total. The predicted molar refractivity (Wildman–Crippen MR) is 86.8 cm³/mol. The first-order chi connectivity index (χ1) is 10.7. The molecule has 0 saturated heterocycles. The maximum Gasteiger partial charge on any atom is 0.410 e. The highest BCUT2D eigenvalue weighted by Gasteiger charge is 2.36. The maximum absolute atomic E-state index is 12.3. The summed E-state index contributed by atoms with van der Waals surface area (Å²) >= 11 is 0. The third-order valence-electron chi connectivity index (χ3n) is 4.37. The number of ether oxygens (including phenoxy) is 1. The SMILES string of the molecule is CCOC(=O)N1Cc2ccccc2C(c2ccccc2)C1C. The second kappa shape index (κ2) is 6.22. The number of amides is 1. The number of hydrogen-bond acceptors (Lipinski definition) is 2. The standard InChI is InChI=1S/C19H21NO2/c1-3-22-19(21)20-13-16-11-7-8-12-17(16)18(14(20)2)15-9-5-4-6-10-15/h4-12,14,18H,3,13H2,1-2H3. The minimum Gasteiger partial charge on any atom is -0.450 e. The summed E-state index contributed by atoms with van der Waals surface area (Å²) in [6, 6.07) is 18.8. The Balaban J connectivity index is 2.04. The van der Waals surface area contributed by atoms with Crippen LogP contribution in [0.25, 0.3) is 0 Å². The van der Waals surface area contributed by atoms with E-state index < -0.39 is 0 Å². The topological polar surface area (TPSA) is 29.5 Å². The van der Waals surface area contributed by atoms with Crippen LogP contribution in [0.5, 0.6) is 0 Å². The average Bonchev–Trinajstić information content (AvgIpc) is 2.55. The molecule has 0 spiro atoms. The van der Waals surface area contributed by atoms with Crippen LogP contribution in [0.3, 0.4) is 0 Å². The van der Waals surface area contributed by atoms with Crippen LogP contribution in [0.2, 0.25) is 0 Å². The van der Waals surface area contributed by atoms with Gasteiger partial charge in [-0.05, 0) is 30.5 Å². The van der Waals surface area contributed by atoms with Crippen LogP contribution in [0.15, 0.2) is 54.6 Å². The molecule has 1 heterocycles. The summed E-state index contributed by atoms with van der Waals surface area (Å²) in [4.78, 5) is 14.1. The van der Waals surface area contributed by atoms with Crippen molar-refractivity contribution in [3.05, 3.63) is 71.3 Å². The van der Waals surface area contributed by atoms with Crippen LogP contribution in [-0.2, 0) is 11.3 Å². The second-order valence-corrected chi connectivity index (χ2v) is 5.65. The van der Waals surface area contributed by atoms with Crippen molar-refractivity contribution in [2.75, 3.05) is 6.61 Å². The van der Waals surface area contributed by atoms with Crippen LogP contribution in [0, 0.1) is 0 Å². The van der Waals surface area contributed by atoms with Gasteiger partial charge in [-0.1, -0.05) is 54.6 Å². The van der Waals surface area contributed by atoms with Gasteiger partial charge in [-0.2, -0.15) is 0 Å². The third kappa shape index (κ3) is 2.59. The van der Waals surface area contributed by atoms with Crippen molar-refractivity contribution in [2.45, 2.75) is 32.4 Å². The Labute approximate surface area is 131 Å². The lowest BCUT2D eigenvalue weighted by Gasteiger charge is -2.40. The van der Waals surface area contributed by atoms with E-state index in [2.05, 4.69) is 37.3 Å². The van der Waals surface area contributed by atoms with E-state index in [4.69, 9.17) is 4.74 Å². The first-order valence-electron chi connectivity index (χ1n) is 7.78. The molecule has 114 valence electrons. The number of carbonyl (C=O) groups is 1. The first-order valence-corrected chi connectivity index (χ1v) is 7.78. The van der Waals surface area contributed by atoms with Crippen molar-refractivity contribution in [1.82, 2.24) is 4.90 Å². The van der Waals surface area contributed by atoms with Gasteiger partial charge in [0.2, 0.25) is 0 Å². The van der Waals surface area contributed by atoms with E-state index >= 15 is 0 Å². The molecular formula is C19H21NO2. The molecular weight excluding hydrogens is 274 g/mol. The minimum atomic E-state index is -0.231. The molecule has 3 heteroatoms. The van der Waals surface area contributed by atoms with Crippen molar-refractivity contribution in [1.29, 1.82) is 0 Å². The van der Waals surface area contributed by atoms with Crippen LogP contribution in [0.4, 0.5) is 4.79 Å². The fraction of sp³-hybridized carbons (Fsp3) is 0.316. The van der Waals surface area contributed by atoms with Gasteiger partial charge in [0.25, 0.3) is 0 Å². The van der Waals surface area contributed by atoms with Crippen LogP contribution >= 0.6 is 0 Å². The number of carbonyl (C=O) groups excluding carboxylic acids is 1. The van der Waals surface area contributed by atoms with Gasteiger partial charge in [-0.15, -0.1) is 0 Å². The number of rotatable bonds is 2. The molecule has 1 aliphatic heterocycles. The molecule has 22 heavy (non-hydrogen) atoms. The lowest BCUT2D eigenvalue weighted by Crippen LogP contribution is -2.45. The summed E-state index contributed by atoms with van der Waals surface area (Å²) in [5.74, 6) is 0.176. The molecule has 1 aliphatic rings. The van der Waals surface area contributed by atoms with Crippen molar-refractivity contribution in [3.63, 3.8) is 0 Å². The molecule has 2 aromatic carbocycles. The van der Waals surface area contributed by atoms with Gasteiger partial charge in [0, 0.05) is 18.5 Å². The molecule has 3 nitrogen and oxygen atoms in total. The predicted octanol–water partition coefficient (Wildman–Crippen LogP) is 4.18. The molecule has 1 amide bonds. The lowest BCUT2D eigenvalue weighted by atomic mass is 9.80. The van der Waals surface area contributed by atoms with Crippen LogP contribution in [0.1, 0.15) is 36.5 Å². The Bertz CT molecular complexity index is 653. The van der Waals surface area contributed by atoms with Gasteiger partial charge in [-0.25, -0.2) is 4.79 Å². The van der Waals surface area contributed by atoms with Gasteiger partial charge in [-0.3, -0.25) is 0 Å². The fourth-order valence-electron chi connectivity index (χ4n) is 3.30. The summed E-state index contributed by atoms with van der Waals surface area (Å²) < 4.78 is 5.24. The van der Waals surface area contributed by atoms with Crippen LogP contribution < -0.4 is 0 Å². The molecule has 2 unspecified atom stereocenters. The first kappa shape index (κ1) is 14.6. The molecule has 3 rings (SSSR count). The van der Waals surface area contributed by atoms with E-state index in [1.807, 2.05) is 36.1 Å². The highest BCUT2D eigenvalue weighted by atomic mass is 16.6. The zero-order valence-corrected chi connectivity index (χ0v) is 13.0. The summed E-state index contributed by atoms with van der Waals surface area (Å²) in [7, 11) is 0. The van der Waals surface area contributed by atoms with E-state index in [1.54, 1.807) is 0 Å². The van der Waals surface area contributed by atoms with E-state index in [-0.39, 0.29) is 18.1 Å². The Hall–Kier alpha value is -2.29. The molecule has 0 saturated carbocycles. The largest absolute Gasteiger partial charge is 0.450 e. The summed E-state index contributed by atoms with van der Waals surface area (Å²) in [5.41, 5.74) is 3.74. The Kier molecular flexibility index (Phi) is 4.14. The van der Waals surface area contributed by atoms with Gasteiger partial charge < -0.3 is 9.64 Å². The zero-order chi connectivity index (χ0) is 15.5. The highest BCUT2D eigenvalue weighted by molar-refractivity contribution is 5.69. The van der Waals surface area contributed by atoms with Crippen LogP contribution in [-0.4, -0.2) is 23.6 Å². The van der Waals surface area contributed by atoms with Gasteiger partial charge >= 0.3 is 6.09 Å². The molecule has 0 bridgehead atoms. The minimum absolute atomic E-state index is 0.0661. The molecule has 0 fully saturated rings. The van der Waals surface area contributed by atoms with Crippen molar-refractivity contribution in [2.24, 2.45) is 0 Å². The van der Waals surface area contributed by atoms with Crippen molar-refractivity contribution < 1.29 is 9.53 Å². The fourth-order valence-corrected chi connectivity index (χ4v) is 3.30. The number of hydrogen-bond donors (Lipinski definition) is 0. The van der Waals surface area contributed by atoms with E-state index in [0.717, 1.165) is 0 Å². The monoisotopic (exact) mass is 295 g/mol. The summed E-state index contributed by atoms with van der Waals surface area (Å²) in [6.07, 6.45) is -0.231. The van der Waals surface area contributed by atoms with E-state index in [0.29, 0.717) is 13.2 Å². The smallest absolute Gasteiger partial charge is 0.410 e. The zero-order valence-electron chi connectivity index (χ0n) is 13.0. The highest BCUT2D eigenvalue weighted by Crippen LogP contribution is 2.38. The molecule has 0 aromatic heterocycles. The molecule has 0 aliphatic carbocycles. The lowest BCUT2D eigenvalue weighted by molar-refractivity contribution is 0.0822. The van der Waals surface area contributed by atoms with Gasteiger partial charge in [0.1, 0.15) is 0 Å². The average molecular weight is 295 g/mol. The summed E-state index contributed by atoms with van der Waals surface area (Å²) in [6.45, 7) is 4.96. The maximum atomic E-state index is 12.3. The number of benzene rings is 2. The molecule has 0 radical (unpaired) electrons. The van der Waals surface area contributed by atoms with Crippen molar-refractivity contribution in [3.8, 4) is 0 Å². The molecule has 2 aromatic rings. The van der Waals surface area contributed by atoms with E-state index in [9.17, 15) is 4.79 Å². The number of nitrogens with zero attached hydrogens (tertiary/aromatic N) is 1. The molecule has 2 atom stereocenters. The van der Waals surface area contributed by atoms with Gasteiger partial charge in [0.05, 0.1) is 6.61 Å². The quantitative estimate of drug-likeness (QED) is 0.832. The van der Waals surface area contributed by atoms with E-state index in [1.165, 1.54) is 16.7 Å². The Morgan fingerprint density at radius 1 is 1.14 bits per heavy atom. The van der Waals surface area contributed by atoms with Crippen molar-refractivity contribution >= 4 is 6.09 Å². The third-order valence-corrected chi connectivity index (χ3v) is 4.37. The number of fused-ring (bicyclic) bond motifs is 1.